The van der Waals surface area contributed by atoms with Crippen LogP contribution >= 0.6 is 0 Å². The predicted octanol–water partition coefficient (Wildman–Crippen LogP) is 6.10. The molecule has 1 atom stereocenters. The summed E-state index contributed by atoms with van der Waals surface area (Å²) in [4.78, 5) is 30.6. The van der Waals surface area contributed by atoms with Gasteiger partial charge in [0.2, 0.25) is 5.91 Å². The van der Waals surface area contributed by atoms with Crippen molar-refractivity contribution in [1.82, 2.24) is 14.4 Å². The number of nitrogens with one attached hydrogen (secondary N) is 1. The summed E-state index contributed by atoms with van der Waals surface area (Å²) < 4.78 is 2.22. The first-order chi connectivity index (χ1) is 17.2. The van der Waals surface area contributed by atoms with E-state index in [1.165, 1.54) is 5.56 Å². The zero-order valence-corrected chi connectivity index (χ0v) is 22.3. The van der Waals surface area contributed by atoms with Crippen LogP contribution < -0.4 is 5.32 Å². The van der Waals surface area contributed by atoms with Gasteiger partial charge >= 0.3 is 6.03 Å². The summed E-state index contributed by atoms with van der Waals surface area (Å²) in [5.41, 5.74) is 6.38. The maximum Gasteiger partial charge on any atom is 0.322 e. The van der Waals surface area contributed by atoms with Crippen molar-refractivity contribution in [2.45, 2.75) is 66.1 Å². The molecular formula is C30H38N4O2. The quantitative estimate of drug-likeness (QED) is 0.457. The summed E-state index contributed by atoms with van der Waals surface area (Å²) in [7, 11) is 0. The third-order valence-electron chi connectivity index (χ3n) is 7.31. The van der Waals surface area contributed by atoms with E-state index < -0.39 is 0 Å². The first-order valence-corrected chi connectivity index (χ1v) is 12.9. The number of amides is 3. The number of carbonyl (C=O) groups excluding carboxylic acids is 2. The second-order valence-corrected chi connectivity index (χ2v) is 10.3. The van der Waals surface area contributed by atoms with Gasteiger partial charge < -0.3 is 19.7 Å². The molecule has 4 rings (SSSR count). The molecule has 1 unspecified atom stereocenters. The maximum atomic E-state index is 13.8. The van der Waals surface area contributed by atoms with Crippen molar-refractivity contribution in [3.05, 3.63) is 88.7 Å². The molecule has 190 valence electrons. The largest absolute Gasteiger partial charge is 0.348 e. The van der Waals surface area contributed by atoms with Crippen LogP contribution in [0, 0.1) is 13.8 Å². The van der Waals surface area contributed by atoms with Crippen molar-refractivity contribution >= 4 is 17.6 Å². The normalized spacial score (nSPS) is 15.2. The lowest BCUT2D eigenvalue weighted by molar-refractivity contribution is -0.134. The van der Waals surface area contributed by atoms with Crippen LogP contribution in [0.3, 0.4) is 0 Å². The van der Waals surface area contributed by atoms with Gasteiger partial charge in [0.25, 0.3) is 0 Å². The van der Waals surface area contributed by atoms with Crippen molar-refractivity contribution in [1.29, 1.82) is 0 Å². The molecule has 6 nitrogen and oxygen atoms in total. The number of carbonyl (C=O) groups is 2. The Balaban J connectivity index is 1.58. The lowest BCUT2D eigenvalue weighted by atomic mass is 9.95. The molecule has 2 aromatic carbocycles. The number of nitrogens with zero attached hydrogens (tertiary/aromatic N) is 3. The van der Waals surface area contributed by atoms with E-state index in [4.69, 9.17) is 0 Å². The van der Waals surface area contributed by atoms with E-state index in [1.807, 2.05) is 56.9 Å². The van der Waals surface area contributed by atoms with E-state index in [0.29, 0.717) is 12.5 Å². The van der Waals surface area contributed by atoms with Gasteiger partial charge in [0.15, 0.2) is 0 Å². The molecule has 1 N–H and O–H groups in total. The second-order valence-electron chi connectivity index (χ2n) is 10.3. The fourth-order valence-corrected chi connectivity index (χ4v) is 4.86. The summed E-state index contributed by atoms with van der Waals surface area (Å²) in [6.45, 7) is 13.6. The highest BCUT2D eigenvalue weighted by atomic mass is 16.2. The highest BCUT2D eigenvalue weighted by Crippen LogP contribution is 2.33. The Morgan fingerprint density at radius 1 is 0.972 bits per heavy atom. The molecule has 6 heteroatoms. The molecule has 0 saturated heterocycles. The first kappa shape index (κ1) is 25.5. The number of anilines is 1. The SMILES string of the molecule is Cc1cccc(NC(=O)N(CC(=O)N2CCn3cccc3C2c2ccc(C(C)C)cc2)C(C)C)c1C. The van der Waals surface area contributed by atoms with Crippen molar-refractivity contribution in [2.24, 2.45) is 0 Å². The van der Waals surface area contributed by atoms with Crippen molar-refractivity contribution < 1.29 is 9.59 Å². The molecule has 1 aliphatic rings. The molecule has 0 fully saturated rings. The van der Waals surface area contributed by atoms with Crippen LogP contribution in [0.25, 0.3) is 0 Å². The van der Waals surface area contributed by atoms with E-state index in [1.54, 1.807) is 4.90 Å². The van der Waals surface area contributed by atoms with Crippen molar-refractivity contribution in [2.75, 3.05) is 18.4 Å². The highest BCUT2D eigenvalue weighted by Gasteiger charge is 2.34. The maximum absolute atomic E-state index is 13.8. The Kier molecular flexibility index (Phi) is 7.53. The second kappa shape index (κ2) is 10.6. The van der Waals surface area contributed by atoms with E-state index in [-0.39, 0.29) is 30.6 Å². The van der Waals surface area contributed by atoms with Crippen LogP contribution in [-0.4, -0.2) is 45.4 Å². The topological polar surface area (TPSA) is 57.6 Å². The van der Waals surface area contributed by atoms with Gasteiger partial charge in [-0.2, -0.15) is 0 Å². The molecule has 3 aromatic rings. The lowest BCUT2D eigenvalue weighted by Crippen LogP contribution is -2.50. The Morgan fingerprint density at radius 3 is 2.36 bits per heavy atom. The lowest BCUT2D eigenvalue weighted by Gasteiger charge is -2.39. The molecule has 3 amide bonds. The number of hydrogen-bond acceptors (Lipinski definition) is 2. The third-order valence-corrected chi connectivity index (χ3v) is 7.31. The number of aromatic nitrogens is 1. The minimum absolute atomic E-state index is 0.0235. The molecule has 0 spiro atoms. The van der Waals surface area contributed by atoms with E-state index in [2.05, 4.69) is 60.3 Å². The molecule has 1 aliphatic heterocycles. The number of rotatable bonds is 6. The van der Waals surface area contributed by atoms with Crippen LogP contribution in [0.5, 0.6) is 0 Å². The van der Waals surface area contributed by atoms with Gasteiger partial charge in [-0.15, -0.1) is 0 Å². The first-order valence-electron chi connectivity index (χ1n) is 12.9. The van der Waals surface area contributed by atoms with Gasteiger partial charge in [0, 0.05) is 36.7 Å². The summed E-state index contributed by atoms with van der Waals surface area (Å²) in [6.07, 6.45) is 2.07. The fourth-order valence-electron chi connectivity index (χ4n) is 4.86. The standard InChI is InChI=1S/C30H38N4O2/c1-20(2)24-12-14-25(15-13-24)29-27-11-8-16-32(27)17-18-33(29)28(35)19-34(21(3)4)30(36)31-26-10-7-9-22(5)23(26)6/h7-16,20-21,29H,17-19H2,1-6H3,(H,31,36). The van der Waals surface area contributed by atoms with Crippen LogP contribution in [0.2, 0.25) is 0 Å². The molecule has 1 aromatic heterocycles. The van der Waals surface area contributed by atoms with E-state index >= 15 is 0 Å². The Morgan fingerprint density at radius 2 is 1.69 bits per heavy atom. The molecule has 0 bridgehead atoms. The van der Waals surface area contributed by atoms with Crippen LogP contribution in [0.4, 0.5) is 10.5 Å². The monoisotopic (exact) mass is 486 g/mol. The third kappa shape index (κ3) is 5.18. The van der Waals surface area contributed by atoms with Gasteiger partial charge in [0.1, 0.15) is 6.54 Å². The molecule has 0 aliphatic carbocycles. The number of hydrogen-bond donors (Lipinski definition) is 1. The Hall–Kier alpha value is -3.54. The summed E-state index contributed by atoms with van der Waals surface area (Å²) in [5.74, 6) is 0.396. The Labute approximate surface area is 214 Å². The van der Waals surface area contributed by atoms with Gasteiger partial charge in [0.05, 0.1) is 6.04 Å². The fraction of sp³-hybridized carbons (Fsp3) is 0.400. The van der Waals surface area contributed by atoms with Crippen LogP contribution in [0.1, 0.15) is 67.6 Å². The van der Waals surface area contributed by atoms with Gasteiger partial charge in [-0.05, 0) is 74.1 Å². The molecular weight excluding hydrogens is 448 g/mol. The Bertz CT molecular complexity index is 1230. The zero-order chi connectivity index (χ0) is 26.0. The average molecular weight is 487 g/mol. The van der Waals surface area contributed by atoms with Crippen molar-refractivity contribution in [3.8, 4) is 0 Å². The van der Waals surface area contributed by atoms with E-state index in [9.17, 15) is 9.59 Å². The van der Waals surface area contributed by atoms with Crippen molar-refractivity contribution in [3.63, 3.8) is 0 Å². The average Bonchev–Trinajstić information content (AvgIpc) is 3.33. The summed E-state index contributed by atoms with van der Waals surface area (Å²) in [5, 5.41) is 3.02. The highest BCUT2D eigenvalue weighted by molar-refractivity contribution is 5.93. The molecule has 2 heterocycles. The molecule has 36 heavy (non-hydrogen) atoms. The molecule has 0 radical (unpaired) electrons. The van der Waals surface area contributed by atoms with Crippen LogP contribution in [0.15, 0.2) is 60.8 Å². The van der Waals surface area contributed by atoms with Crippen LogP contribution in [-0.2, 0) is 11.3 Å². The minimum Gasteiger partial charge on any atom is -0.348 e. The zero-order valence-electron chi connectivity index (χ0n) is 22.3. The van der Waals surface area contributed by atoms with Gasteiger partial charge in [-0.25, -0.2) is 4.79 Å². The van der Waals surface area contributed by atoms with E-state index in [0.717, 1.165) is 34.6 Å². The summed E-state index contributed by atoms with van der Waals surface area (Å²) >= 11 is 0. The number of benzene rings is 2. The van der Waals surface area contributed by atoms with Gasteiger partial charge in [-0.1, -0.05) is 50.2 Å². The minimum atomic E-state index is -0.259. The smallest absolute Gasteiger partial charge is 0.322 e. The van der Waals surface area contributed by atoms with Gasteiger partial charge in [-0.3, -0.25) is 4.79 Å². The molecule has 0 saturated carbocycles. The number of urea groups is 1. The summed E-state index contributed by atoms with van der Waals surface area (Å²) in [6, 6.07) is 18.0. The predicted molar refractivity (Wildman–Crippen MR) is 145 cm³/mol. The number of fused-ring (bicyclic) bond motifs is 1. The number of aryl methyl sites for hydroxylation is 1.